The lowest BCUT2D eigenvalue weighted by Gasteiger charge is -2.13. The molecule has 0 aliphatic carbocycles. The molecule has 2 heterocycles. The van der Waals surface area contributed by atoms with Crippen molar-refractivity contribution >= 4 is 21.4 Å². The van der Waals surface area contributed by atoms with Gasteiger partial charge in [-0.25, -0.2) is 13.1 Å². The van der Waals surface area contributed by atoms with E-state index in [4.69, 9.17) is 0 Å². The molecule has 0 aliphatic heterocycles. The summed E-state index contributed by atoms with van der Waals surface area (Å²) in [6.45, 7) is 8.14. The van der Waals surface area contributed by atoms with Crippen molar-refractivity contribution in [2.24, 2.45) is 0 Å². The molecule has 0 saturated carbocycles. The Hall–Kier alpha value is -1.96. The summed E-state index contributed by atoms with van der Waals surface area (Å²) < 4.78 is 28.3. The normalized spacial score (nSPS) is 13.1. The zero-order chi connectivity index (χ0) is 18.9. The van der Waals surface area contributed by atoms with E-state index in [9.17, 15) is 8.42 Å². The molecule has 0 aliphatic rings. The standard InChI is InChI=1S/C19H23N3O2S2/c1-12(16-8-6-5-7-9-16)11-20-26(23,24)18-10-17(25-15(18)4)19-13(2)14(3)21-22-19/h5-10,12,20H,11H2,1-4H3,(H,21,22). The van der Waals surface area contributed by atoms with Crippen molar-refractivity contribution in [1.82, 2.24) is 14.9 Å². The second-order valence-electron chi connectivity index (χ2n) is 6.52. The molecule has 0 bridgehead atoms. The van der Waals surface area contributed by atoms with Crippen molar-refractivity contribution in [3.05, 3.63) is 58.1 Å². The third-order valence-electron chi connectivity index (χ3n) is 4.60. The lowest BCUT2D eigenvalue weighted by molar-refractivity contribution is 0.575. The number of aromatic nitrogens is 2. The van der Waals surface area contributed by atoms with E-state index in [1.165, 1.54) is 11.3 Å². The smallest absolute Gasteiger partial charge is 0.241 e. The number of nitrogens with one attached hydrogen (secondary N) is 2. The third-order valence-corrected chi connectivity index (χ3v) is 7.33. The van der Waals surface area contributed by atoms with Crippen LogP contribution in [-0.2, 0) is 10.0 Å². The van der Waals surface area contributed by atoms with Crippen LogP contribution in [0.4, 0.5) is 0 Å². The average molecular weight is 390 g/mol. The minimum absolute atomic E-state index is 0.0978. The molecule has 0 fully saturated rings. The van der Waals surface area contributed by atoms with Gasteiger partial charge < -0.3 is 0 Å². The molecule has 5 nitrogen and oxygen atoms in total. The van der Waals surface area contributed by atoms with Gasteiger partial charge in [0.15, 0.2) is 0 Å². The number of nitrogens with zero attached hydrogens (tertiary/aromatic N) is 1. The molecular weight excluding hydrogens is 366 g/mol. The van der Waals surface area contributed by atoms with Gasteiger partial charge in [0.1, 0.15) is 5.69 Å². The van der Waals surface area contributed by atoms with Gasteiger partial charge >= 0.3 is 0 Å². The van der Waals surface area contributed by atoms with Crippen LogP contribution in [0.2, 0.25) is 0 Å². The molecule has 0 amide bonds. The Kier molecular flexibility index (Phi) is 5.32. The average Bonchev–Trinajstić information content (AvgIpc) is 3.17. The van der Waals surface area contributed by atoms with E-state index in [0.717, 1.165) is 32.3 Å². The zero-order valence-corrected chi connectivity index (χ0v) is 17.0. The van der Waals surface area contributed by atoms with Crippen LogP contribution in [0.5, 0.6) is 0 Å². The highest BCUT2D eigenvalue weighted by atomic mass is 32.2. The van der Waals surface area contributed by atoms with Crippen LogP contribution in [-0.4, -0.2) is 25.2 Å². The van der Waals surface area contributed by atoms with E-state index < -0.39 is 10.0 Å². The summed E-state index contributed by atoms with van der Waals surface area (Å²) in [5.74, 6) is 0.0978. The molecule has 3 aromatic rings. The maximum atomic E-state index is 12.8. The van der Waals surface area contributed by atoms with Crippen LogP contribution >= 0.6 is 11.3 Å². The van der Waals surface area contributed by atoms with Crippen LogP contribution in [0.3, 0.4) is 0 Å². The van der Waals surface area contributed by atoms with E-state index in [1.807, 2.05) is 58.0 Å². The van der Waals surface area contributed by atoms with Gasteiger partial charge in [0.2, 0.25) is 10.0 Å². The number of aryl methyl sites for hydroxylation is 2. The molecule has 3 rings (SSSR count). The quantitative estimate of drug-likeness (QED) is 0.665. The molecular formula is C19H23N3O2S2. The molecule has 0 radical (unpaired) electrons. The van der Waals surface area contributed by atoms with Crippen LogP contribution < -0.4 is 4.72 Å². The first-order chi connectivity index (χ1) is 12.3. The largest absolute Gasteiger partial charge is 0.282 e. The predicted molar refractivity (Wildman–Crippen MR) is 106 cm³/mol. The number of sulfonamides is 1. The summed E-state index contributed by atoms with van der Waals surface area (Å²) in [5, 5.41) is 7.26. The van der Waals surface area contributed by atoms with Gasteiger partial charge in [-0.2, -0.15) is 5.10 Å². The Balaban J connectivity index is 1.80. The monoisotopic (exact) mass is 389 g/mol. The Morgan fingerprint density at radius 2 is 1.88 bits per heavy atom. The van der Waals surface area contributed by atoms with E-state index in [0.29, 0.717) is 11.4 Å². The number of benzene rings is 1. The fourth-order valence-electron chi connectivity index (χ4n) is 2.79. The van der Waals surface area contributed by atoms with Crippen molar-refractivity contribution in [1.29, 1.82) is 0 Å². The maximum Gasteiger partial charge on any atom is 0.241 e. The highest BCUT2D eigenvalue weighted by Gasteiger charge is 2.22. The van der Waals surface area contributed by atoms with Gasteiger partial charge in [0, 0.05) is 17.1 Å². The minimum Gasteiger partial charge on any atom is -0.282 e. The number of rotatable bonds is 6. The molecule has 26 heavy (non-hydrogen) atoms. The number of hydrogen-bond acceptors (Lipinski definition) is 4. The van der Waals surface area contributed by atoms with E-state index in [-0.39, 0.29) is 5.92 Å². The topological polar surface area (TPSA) is 74.8 Å². The fourth-order valence-corrected chi connectivity index (χ4v) is 5.55. The predicted octanol–water partition coefficient (Wildman–Crippen LogP) is 4.15. The van der Waals surface area contributed by atoms with Gasteiger partial charge in [-0.3, -0.25) is 5.10 Å². The number of hydrogen-bond donors (Lipinski definition) is 2. The summed E-state index contributed by atoms with van der Waals surface area (Å²) in [6.07, 6.45) is 0. The highest BCUT2D eigenvalue weighted by Crippen LogP contribution is 2.34. The molecule has 1 unspecified atom stereocenters. The van der Waals surface area contributed by atoms with E-state index >= 15 is 0 Å². The van der Waals surface area contributed by atoms with Gasteiger partial charge in [-0.1, -0.05) is 37.3 Å². The highest BCUT2D eigenvalue weighted by molar-refractivity contribution is 7.89. The zero-order valence-electron chi connectivity index (χ0n) is 15.3. The second-order valence-corrected chi connectivity index (χ2v) is 9.51. The first-order valence-electron chi connectivity index (χ1n) is 8.46. The first-order valence-corrected chi connectivity index (χ1v) is 10.8. The Bertz CT molecular complexity index is 1000. The molecule has 7 heteroatoms. The second kappa shape index (κ2) is 7.34. The van der Waals surface area contributed by atoms with E-state index in [2.05, 4.69) is 14.9 Å². The molecule has 1 aromatic carbocycles. The van der Waals surface area contributed by atoms with Crippen molar-refractivity contribution in [2.75, 3.05) is 6.54 Å². The van der Waals surface area contributed by atoms with Crippen LogP contribution in [0, 0.1) is 20.8 Å². The summed E-state index contributed by atoms with van der Waals surface area (Å²) in [6, 6.07) is 11.6. The Morgan fingerprint density at radius 3 is 2.50 bits per heavy atom. The summed E-state index contributed by atoms with van der Waals surface area (Å²) >= 11 is 1.45. The van der Waals surface area contributed by atoms with Crippen LogP contribution in [0.25, 0.3) is 10.6 Å². The van der Waals surface area contributed by atoms with E-state index in [1.54, 1.807) is 6.07 Å². The number of H-pyrrole nitrogens is 1. The van der Waals surface area contributed by atoms with Gasteiger partial charge in [-0.05, 0) is 43.9 Å². The van der Waals surface area contributed by atoms with Crippen molar-refractivity contribution in [3.8, 4) is 10.6 Å². The van der Waals surface area contributed by atoms with Gasteiger partial charge in [0.05, 0.1) is 9.77 Å². The Morgan fingerprint density at radius 1 is 1.19 bits per heavy atom. The van der Waals surface area contributed by atoms with Crippen LogP contribution in [0.1, 0.15) is 34.5 Å². The minimum atomic E-state index is -3.56. The van der Waals surface area contributed by atoms with Crippen LogP contribution in [0.15, 0.2) is 41.3 Å². The Labute approximate surface area is 158 Å². The van der Waals surface area contributed by atoms with Gasteiger partial charge in [0.25, 0.3) is 0 Å². The van der Waals surface area contributed by atoms with Crippen molar-refractivity contribution in [2.45, 2.75) is 38.5 Å². The molecule has 0 spiro atoms. The SMILES string of the molecule is Cc1[nH]nc(-c2cc(S(=O)(=O)NCC(C)c3ccccc3)c(C)s2)c1C. The molecule has 0 saturated heterocycles. The third kappa shape index (κ3) is 3.75. The first kappa shape index (κ1) is 18.8. The van der Waals surface area contributed by atoms with Crippen molar-refractivity contribution < 1.29 is 8.42 Å². The summed E-state index contributed by atoms with van der Waals surface area (Å²) in [5.41, 5.74) is 3.96. The fraction of sp³-hybridized carbons (Fsp3) is 0.316. The lowest BCUT2D eigenvalue weighted by atomic mass is 10.0. The van der Waals surface area contributed by atoms with Crippen molar-refractivity contribution in [3.63, 3.8) is 0 Å². The van der Waals surface area contributed by atoms with Gasteiger partial charge in [-0.15, -0.1) is 11.3 Å². The maximum absolute atomic E-state index is 12.8. The molecule has 138 valence electrons. The molecule has 2 aromatic heterocycles. The number of thiophene rings is 1. The summed E-state index contributed by atoms with van der Waals surface area (Å²) in [4.78, 5) is 1.96. The lowest BCUT2D eigenvalue weighted by Crippen LogP contribution is -2.27. The number of aromatic amines is 1. The summed E-state index contributed by atoms with van der Waals surface area (Å²) in [7, 11) is -3.56. The molecule has 2 N–H and O–H groups in total. The molecule has 1 atom stereocenters.